The van der Waals surface area contributed by atoms with Gasteiger partial charge in [-0.2, -0.15) is 13.2 Å². The molecule has 0 saturated carbocycles. The summed E-state index contributed by atoms with van der Waals surface area (Å²) in [5.41, 5.74) is 6.70. The predicted octanol–water partition coefficient (Wildman–Crippen LogP) is 0.769. The van der Waals surface area contributed by atoms with E-state index in [1.54, 1.807) is 18.2 Å². The van der Waals surface area contributed by atoms with Gasteiger partial charge in [-0.25, -0.2) is 0 Å². The van der Waals surface area contributed by atoms with E-state index in [-0.39, 0.29) is 31.8 Å². The lowest BCUT2D eigenvalue weighted by atomic mass is 10.0. The van der Waals surface area contributed by atoms with Crippen LogP contribution in [0.15, 0.2) is 18.2 Å². The van der Waals surface area contributed by atoms with Crippen molar-refractivity contribution in [3.8, 4) is 0 Å². The van der Waals surface area contributed by atoms with E-state index in [1.807, 2.05) is 0 Å². The van der Waals surface area contributed by atoms with Gasteiger partial charge in [0.1, 0.15) is 12.1 Å². The number of hydrogen-bond acceptors (Lipinski definition) is 5. The van der Waals surface area contributed by atoms with Crippen molar-refractivity contribution in [2.45, 2.75) is 44.2 Å². The fraction of sp³-hybridized carbons (Fsp3) is 0.500. The minimum absolute atomic E-state index is 0.112. The molecule has 0 aromatic heterocycles. The zero-order valence-corrected chi connectivity index (χ0v) is 15.3. The van der Waals surface area contributed by atoms with Crippen molar-refractivity contribution in [2.75, 3.05) is 13.6 Å². The number of benzene rings is 1. The van der Waals surface area contributed by atoms with Gasteiger partial charge in [-0.15, -0.1) is 0 Å². The van der Waals surface area contributed by atoms with Gasteiger partial charge in [-0.05, 0) is 24.6 Å². The van der Waals surface area contributed by atoms with Crippen LogP contribution in [0.5, 0.6) is 0 Å². The summed E-state index contributed by atoms with van der Waals surface area (Å²) < 4.78 is 39.4. The minimum atomic E-state index is -4.48. The molecule has 1 aromatic carbocycles. The maximum Gasteiger partial charge on any atom is 0.405 e. The number of halogens is 3. The fourth-order valence-electron chi connectivity index (χ4n) is 3.76. The van der Waals surface area contributed by atoms with Gasteiger partial charge < -0.3 is 10.6 Å². The number of nitrogens with zero attached hydrogens (tertiary/aromatic N) is 2. The number of nitrogens with one attached hydrogen (secondary N) is 1. The Kier molecular flexibility index (Phi) is 5.44. The maximum atomic E-state index is 13.1. The average Bonchev–Trinajstić information content (AvgIpc) is 2.92. The number of likely N-dealkylation sites (N-methyl/N-ethyl adjacent to an activating group) is 1. The Morgan fingerprint density at radius 2 is 2.04 bits per heavy atom. The van der Waals surface area contributed by atoms with E-state index >= 15 is 0 Å². The molecule has 3 amide bonds. The second-order valence-electron chi connectivity index (χ2n) is 7.06. The summed E-state index contributed by atoms with van der Waals surface area (Å²) in [4.78, 5) is 38.9. The molecule has 10 heteroatoms. The first-order valence-electron chi connectivity index (χ1n) is 8.86. The molecule has 0 bridgehead atoms. The van der Waals surface area contributed by atoms with Crippen molar-refractivity contribution in [1.29, 1.82) is 0 Å². The summed E-state index contributed by atoms with van der Waals surface area (Å²) >= 11 is 0. The van der Waals surface area contributed by atoms with E-state index in [4.69, 9.17) is 5.73 Å². The lowest BCUT2D eigenvalue weighted by Gasteiger charge is -2.30. The Bertz CT molecular complexity index is 812. The van der Waals surface area contributed by atoms with Crippen LogP contribution in [0.2, 0.25) is 0 Å². The average molecular weight is 398 g/mol. The third-order valence-electron chi connectivity index (χ3n) is 5.19. The number of carbonyl (C=O) groups is 3. The van der Waals surface area contributed by atoms with Gasteiger partial charge in [0.15, 0.2) is 0 Å². The number of alkyl halides is 3. The molecule has 1 saturated heterocycles. The van der Waals surface area contributed by atoms with E-state index in [1.165, 1.54) is 11.9 Å². The molecule has 1 fully saturated rings. The number of carbonyl (C=O) groups excluding carboxylic acids is 3. The Labute approximate surface area is 159 Å². The van der Waals surface area contributed by atoms with E-state index < -0.39 is 36.6 Å². The zero-order chi connectivity index (χ0) is 20.6. The molecular formula is C18H21F3N4O3. The van der Waals surface area contributed by atoms with Crippen molar-refractivity contribution < 1.29 is 27.6 Å². The molecule has 2 aliphatic heterocycles. The summed E-state index contributed by atoms with van der Waals surface area (Å²) in [6.45, 7) is -0.525. The smallest absolute Gasteiger partial charge is 0.329 e. The van der Waals surface area contributed by atoms with Crippen molar-refractivity contribution in [3.63, 3.8) is 0 Å². The highest BCUT2D eigenvalue weighted by Gasteiger charge is 2.43. The van der Waals surface area contributed by atoms with Crippen molar-refractivity contribution in [3.05, 3.63) is 34.9 Å². The van der Waals surface area contributed by atoms with E-state index in [2.05, 4.69) is 5.32 Å². The summed E-state index contributed by atoms with van der Waals surface area (Å²) in [5, 5.41) is 2.22. The first kappa shape index (κ1) is 20.3. The van der Waals surface area contributed by atoms with Crippen LogP contribution in [-0.2, 0) is 22.7 Å². The number of rotatable bonds is 5. The summed E-state index contributed by atoms with van der Waals surface area (Å²) in [7, 11) is 1.31. The number of nitrogens with two attached hydrogens (primary N) is 1. The van der Waals surface area contributed by atoms with Gasteiger partial charge in [0.2, 0.25) is 11.8 Å². The zero-order valence-electron chi connectivity index (χ0n) is 15.3. The van der Waals surface area contributed by atoms with Gasteiger partial charge >= 0.3 is 6.18 Å². The molecule has 3 N–H and O–H groups in total. The Balaban J connectivity index is 1.83. The lowest BCUT2D eigenvalue weighted by Crippen LogP contribution is -2.52. The summed E-state index contributed by atoms with van der Waals surface area (Å²) in [6, 6.07) is 2.40. The van der Waals surface area contributed by atoms with Crippen molar-refractivity contribution in [2.24, 2.45) is 5.73 Å². The highest BCUT2D eigenvalue weighted by atomic mass is 19.4. The van der Waals surface area contributed by atoms with E-state index in [0.717, 1.165) is 4.90 Å². The van der Waals surface area contributed by atoms with Crippen LogP contribution < -0.4 is 11.1 Å². The largest absolute Gasteiger partial charge is 0.405 e. The first-order chi connectivity index (χ1) is 13.1. The summed E-state index contributed by atoms with van der Waals surface area (Å²) in [6.07, 6.45) is -4.12. The first-order valence-corrected chi connectivity index (χ1v) is 8.86. The molecule has 2 unspecified atom stereocenters. The van der Waals surface area contributed by atoms with Crippen molar-refractivity contribution >= 4 is 17.7 Å². The van der Waals surface area contributed by atoms with Gasteiger partial charge in [0.05, 0.1) is 0 Å². The quantitative estimate of drug-likeness (QED) is 0.715. The molecule has 1 aromatic rings. The maximum absolute atomic E-state index is 13.1. The topological polar surface area (TPSA) is 95.7 Å². The number of fused-ring (bicyclic) bond motifs is 1. The molecule has 2 aliphatic rings. The van der Waals surface area contributed by atoms with Crippen LogP contribution in [0.3, 0.4) is 0 Å². The van der Waals surface area contributed by atoms with Crippen molar-refractivity contribution in [1.82, 2.24) is 15.1 Å². The molecule has 0 spiro atoms. The molecule has 28 heavy (non-hydrogen) atoms. The Morgan fingerprint density at radius 1 is 1.32 bits per heavy atom. The molecule has 0 aliphatic carbocycles. The van der Waals surface area contributed by atoms with Gasteiger partial charge in [0, 0.05) is 31.6 Å². The highest BCUT2D eigenvalue weighted by Crippen LogP contribution is 2.31. The SMILES string of the molecule is CN(Cc1cccc2c1C(=O)N(C1CCC(=O)NC1=O)C2)C(CN)C(F)(F)F. The normalized spacial score (nSPS) is 21.1. The second kappa shape index (κ2) is 7.51. The number of hydrogen-bond donors (Lipinski definition) is 2. The number of piperidine rings is 1. The molecule has 2 heterocycles. The van der Waals surface area contributed by atoms with Gasteiger partial charge in [-0.1, -0.05) is 18.2 Å². The van der Waals surface area contributed by atoms with E-state index in [9.17, 15) is 27.6 Å². The third kappa shape index (κ3) is 3.74. The number of imide groups is 1. The van der Waals surface area contributed by atoms with Crippen LogP contribution in [0.25, 0.3) is 0 Å². The standard InChI is InChI=1S/C18H21F3N4O3/c1-24(13(7-22)18(19,20)21)8-10-3-2-4-11-9-25(17(28)15(10)11)12-5-6-14(26)23-16(12)27/h2-4,12-13H,5-9,22H2,1H3,(H,23,26,27). The molecule has 2 atom stereocenters. The molecule has 3 rings (SSSR count). The molecule has 152 valence electrons. The molecule has 0 radical (unpaired) electrons. The minimum Gasteiger partial charge on any atom is -0.329 e. The second-order valence-corrected chi connectivity index (χ2v) is 7.06. The Morgan fingerprint density at radius 3 is 2.64 bits per heavy atom. The lowest BCUT2D eigenvalue weighted by molar-refractivity contribution is -0.178. The van der Waals surface area contributed by atoms with Crippen LogP contribution in [0.1, 0.15) is 34.3 Å². The van der Waals surface area contributed by atoms with Gasteiger partial charge in [-0.3, -0.25) is 24.6 Å². The fourth-order valence-corrected chi connectivity index (χ4v) is 3.76. The van der Waals surface area contributed by atoms with Gasteiger partial charge in [0.25, 0.3) is 5.91 Å². The third-order valence-corrected chi connectivity index (χ3v) is 5.19. The van der Waals surface area contributed by atoms with Crippen LogP contribution in [0, 0.1) is 0 Å². The Hall–Kier alpha value is -2.46. The van der Waals surface area contributed by atoms with Crippen LogP contribution in [0.4, 0.5) is 13.2 Å². The highest BCUT2D eigenvalue weighted by molar-refractivity contribution is 6.05. The van der Waals surface area contributed by atoms with Crippen LogP contribution in [-0.4, -0.2) is 59.4 Å². The van der Waals surface area contributed by atoms with Crippen LogP contribution >= 0.6 is 0 Å². The van der Waals surface area contributed by atoms with E-state index in [0.29, 0.717) is 16.7 Å². The molecular weight excluding hydrogens is 377 g/mol. The molecule has 7 nitrogen and oxygen atoms in total. The summed E-state index contributed by atoms with van der Waals surface area (Å²) in [5.74, 6) is -1.33. The predicted molar refractivity (Wildman–Crippen MR) is 92.9 cm³/mol. The monoisotopic (exact) mass is 398 g/mol. The number of amides is 3.